The van der Waals surface area contributed by atoms with Crippen LogP contribution in [-0.4, -0.2) is 23.5 Å². The fourth-order valence-corrected chi connectivity index (χ4v) is 0.673. The summed E-state index contributed by atoms with van der Waals surface area (Å²) < 4.78 is 0. The molecule has 0 atom stereocenters. The Labute approximate surface area is 148 Å². The van der Waals surface area contributed by atoms with E-state index < -0.39 is 36.4 Å². The van der Waals surface area contributed by atoms with E-state index in [4.69, 9.17) is 0 Å². The summed E-state index contributed by atoms with van der Waals surface area (Å²) in [7, 11) is 0. The average molecular weight is 299 g/mol. The fraction of sp³-hybridized carbons (Fsp3) is 0.500. The molecule has 16 heavy (non-hydrogen) atoms. The van der Waals surface area contributed by atoms with Gasteiger partial charge in [-0.3, -0.25) is 0 Å². The predicted octanol–water partition coefficient (Wildman–Crippen LogP) is -11.9. The molecule has 0 aliphatic rings. The van der Waals surface area contributed by atoms with Crippen LogP contribution in [0.5, 0.6) is 0 Å². The molecule has 0 N–H and O–H groups in total. The summed E-state index contributed by atoms with van der Waals surface area (Å²) in [6.07, 6.45) is -2.94. The Hall–Kier alpha value is 0.993. The van der Waals surface area contributed by atoms with Gasteiger partial charge < -0.3 is 34.8 Å². The van der Waals surface area contributed by atoms with E-state index in [2.05, 4.69) is 0 Å². The number of carbonyl (C=O) groups excluding carboxylic acids is 3. The molecule has 0 heterocycles. The van der Waals surface area contributed by atoms with Crippen LogP contribution >= 0.6 is 0 Å². The first-order chi connectivity index (χ1) is 5.78. The molecule has 0 aromatic carbocycles. The summed E-state index contributed by atoms with van der Waals surface area (Å²) in [4.78, 5) is 29.9. The largest absolute Gasteiger partial charge is 2.00 e. The van der Waals surface area contributed by atoms with Gasteiger partial charge in [0.1, 0.15) is 0 Å². The van der Waals surface area contributed by atoms with Crippen LogP contribution in [0.2, 0.25) is 0 Å². The van der Waals surface area contributed by atoms with Crippen LogP contribution in [0.1, 0.15) is 12.8 Å². The van der Waals surface area contributed by atoms with Crippen LogP contribution < -0.4 is 79.5 Å². The van der Waals surface area contributed by atoms with Gasteiger partial charge in [0.25, 0.3) is 0 Å². The van der Waals surface area contributed by atoms with Crippen molar-refractivity contribution in [1.29, 1.82) is 0 Å². The Balaban J connectivity index is -0.000000240. The Bertz CT molecular complexity index is 241. The van der Waals surface area contributed by atoms with Crippen LogP contribution in [0.3, 0.4) is 0 Å². The molecule has 74 valence electrons. The monoisotopic (exact) mass is 298 g/mol. The molecule has 0 radical (unpaired) electrons. The van der Waals surface area contributed by atoms with Gasteiger partial charge in [-0.2, -0.15) is 0 Å². The second-order valence-electron chi connectivity index (χ2n) is 2.38. The minimum absolute atomic E-state index is 0. The number of hydrogen-bond acceptors (Lipinski definition) is 7. The van der Waals surface area contributed by atoms with Crippen molar-refractivity contribution in [2.45, 2.75) is 18.4 Å². The maximum absolute atomic E-state index is 10.9. The first-order valence-corrected chi connectivity index (χ1v) is 3.09. The summed E-state index contributed by atoms with van der Waals surface area (Å²) in [5, 5.41) is 40.8. The van der Waals surface area contributed by atoms with Crippen LogP contribution in [0, 0.1) is 0 Å². The number of carbonyl (C=O) groups is 3. The summed E-state index contributed by atoms with van der Waals surface area (Å²) in [5.74, 6) is -6.22. The van der Waals surface area contributed by atoms with Crippen molar-refractivity contribution >= 4 is 17.9 Å². The van der Waals surface area contributed by atoms with E-state index in [0.29, 0.717) is 0 Å². The van der Waals surface area contributed by atoms with E-state index in [1.807, 2.05) is 0 Å². The number of aliphatic carboxylic acids is 3. The van der Waals surface area contributed by atoms with Gasteiger partial charge in [0.05, 0.1) is 0 Å². The van der Waals surface area contributed by atoms with Crippen LogP contribution in [0.25, 0.3) is 0 Å². The molecule has 0 saturated carbocycles. The van der Waals surface area contributed by atoms with Crippen LogP contribution in [-0.2, 0) is 33.9 Å². The third kappa shape index (κ3) is 10.2. The van der Waals surface area contributed by atoms with Crippen LogP contribution in [0.15, 0.2) is 0 Å². The molecule has 0 saturated heterocycles. The maximum atomic E-state index is 10.9. The van der Waals surface area contributed by atoms with Crippen molar-refractivity contribution in [3.63, 3.8) is 0 Å². The van der Waals surface area contributed by atoms with Gasteiger partial charge in [-0.25, -0.2) is 0 Å². The number of hydrogen-bond donors (Lipinski definition) is 0. The van der Waals surface area contributed by atoms with E-state index in [0.717, 1.165) is 0 Å². The molecule has 0 aliphatic carbocycles. The van der Waals surface area contributed by atoms with Gasteiger partial charge in [-0.05, 0) is 12.8 Å². The summed E-state index contributed by atoms with van der Waals surface area (Å²) >= 11 is 0. The minimum Gasteiger partial charge on any atom is -0.845 e. The van der Waals surface area contributed by atoms with E-state index in [1.54, 1.807) is 0 Å². The molecule has 0 fully saturated rings. The van der Waals surface area contributed by atoms with Gasteiger partial charge in [0.2, 0.25) is 0 Å². The molecule has 0 amide bonds. The predicted molar refractivity (Wildman–Crippen MR) is 27.0 cm³/mol. The normalized spacial score (nSPS) is 8.81. The topological polar surface area (TPSA) is 143 Å². The Kier molecular flexibility index (Phi) is 17.9. The SMILES string of the molecule is O=C([O-])CC([O-])(CC(=O)[O-])C(=O)[O-].[Na+].[Na+].[Zn+2]. The summed E-state index contributed by atoms with van der Waals surface area (Å²) in [6, 6.07) is 0. The Morgan fingerprint density at radius 3 is 1.25 bits per heavy atom. The standard InChI is InChI=1S/C6H7O7.2Na.Zn/c7-3(8)1-6(13,5(11)12)2-4(9)10;;;/h1-2H2,(H,7,8)(H,9,10)(H,11,12);;;/q-1;2*+1;+2/p-3. The average Bonchev–Trinajstić information content (AvgIpc) is 1.82. The van der Waals surface area contributed by atoms with E-state index in [9.17, 15) is 34.8 Å². The Morgan fingerprint density at radius 2 is 1.12 bits per heavy atom. The molecule has 0 rings (SSSR count). The van der Waals surface area contributed by atoms with E-state index >= 15 is 0 Å². The quantitative estimate of drug-likeness (QED) is 0.458. The zero-order valence-electron chi connectivity index (χ0n) is 8.98. The fourth-order valence-electron chi connectivity index (χ4n) is 0.673. The molecular formula is C6H4Na2O7Zn. The first-order valence-electron chi connectivity index (χ1n) is 3.09. The third-order valence-corrected chi connectivity index (χ3v) is 1.23. The van der Waals surface area contributed by atoms with Crippen molar-refractivity contribution < 1.29 is 113 Å². The van der Waals surface area contributed by atoms with Crippen molar-refractivity contribution in [1.82, 2.24) is 0 Å². The number of carboxylic acid groups (broad SMARTS) is 3. The van der Waals surface area contributed by atoms with Crippen LogP contribution in [0.4, 0.5) is 0 Å². The molecule has 7 nitrogen and oxygen atoms in total. The van der Waals surface area contributed by atoms with E-state index in [-0.39, 0.29) is 78.6 Å². The van der Waals surface area contributed by atoms with Gasteiger partial charge in [-0.1, -0.05) is 5.60 Å². The number of carboxylic acids is 3. The van der Waals surface area contributed by atoms with E-state index in [1.165, 1.54) is 0 Å². The third-order valence-electron chi connectivity index (χ3n) is 1.23. The zero-order valence-corrected chi connectivity index (χ0v) is 15.9. The molecule has 0 aliphatic heterocycles. The Morgan fingerprint density at radius 1 is 0.875 bits per heavy atom. The minimum atomic E-state index is -3.22. The van der Waals surface area contributed by atoms with Crippen molar-refractivity contribution in [3.05, 3.63) is 0 Å². The zero-order chi connectivity index (χ0) is 10.6. The van der Waals surface area contributed by atoms with Gasteiger partial charge in [0, 0.05) is 17.9 Å². The molecule has 0 spiro atoms. The smallest absolute Gasteiger partial charge is 0.845 e. The van der Waals surface area contributed by atoms with Gasteiger partial charge in [0.15, 0.2) is 0 Å². The summed E-state index contributed by atoms with van der Waals surface area (Å²) in [5.41, 5.74) is -3.22. The van der Waals surface area contributed by atoms with Gasteiger partial charge in [-0.15, -0.1) is 0 Å². The first kappa shape index (κ1) is 25.7. The van der Waals surface area contributed by atoms with Crippen molar-refractivity contribution in [3.8, 4) is 0 Å². The van der Waals surface area contributed by atoms with Gasteiger partial charge >= 0.3 is 78.6 Å². The second-order valence-corrected chi connectivity index (χ2v) is 2.38. The number of rotatable bonds is 5. The second kappa shape index (κ2) is 11.1. The molecule has 0 bridgehead atoms. The van der Waals surface area contributed by atoms with Crippen molar-refractivity contribution in [2.75, 3.05) is 0 Å². The molecular weight excluding hydrogens is 295 g/mol. The molecule has 0 unspecified atom stereocenters. The molecule has 0 aromatic rings. The molecule has 0 aromatic heterocycles. The molecule has 10 heteroatoms. The van der Waals surface area contributed by atoms with Crippen molar-refractivity contribution in [2.24, 2.45) is 0 Å². The maximum Gasteiger partial charge on any atom is 2.00 e. The summed E-state index contributed by atoms with van der Waals surface area (Å²) in [6.45, 7) is 0.